The second kappa shape index (κ2) is 10.6. The normalized spacial score (nSPS) is 17.1. The topological polar surface area (TPSA) is 102 Å². The highest BCUT2D eigenvalue weighted by atomic mass is 16.5. The van der Waals surface area contributed by atoms with Gasteiger partial charge in [0, 0.05) is 25.1 Å². The maximum absolute atomic E-state index is 12.0. The van der Waals surface area contributed by atoms with E-state index in [1.165, 1.54) is 0 Å². The lowest BCUT2D eigenvalue weighted by Gasteiger charge is -2.15. The average molecular weight is 524 g/mol. The minimum absolute atomic E-state index is 0.0572. The molecule has 5 aromatic rings. The van der Waals surface area contributed by atoms with E-state index in [-0.39, 0.29) is 5.92 Å². The van der Waals surface area contributed by atoms with Crippen LogP contribution in [0.1, 0.15) is 17.0 Å². The van der Waals surface area contributed by atoms with E-state index in [0.717, 1.165) is 33.8 Å². The summed E-state index contributed by atoms with van der Waals surface area (Å²) in [4.78, 5) is 23.2. The molecule has 1 fully saturated rings. The van der Waals surface area contributed by atoms with Crippen LogP contribution in [0.25, 0.3) is 22.6 Å². The van der Waals surface area contributed by atoms with Crippen molar-refractivity contribution in [3.8, 4) is 17.2 Å². The summed E-state index contributed by atoms with van der Waals surface area (Å²) < 4.78 is 17.7. The van der Waals surface area contributed by atoms with Crippen LogP contribution in [0.15, 0.2) is 87.7 Å². The number of anilines is 1. The first-order valence-electron chi connectivity index (χ1n) is 13.1. The van der Waals surface area contributed by atoms with Crippen LogP contribution in [0.2, 0.25) is 0 Å². The Hall–Kier alpha value is -4.59. The van der Waals surface area contributed by atoms with Crippen LogP contribution in [0, 0.1) is 18.8 Å². The van der Waals surface area contributed by atoms with Gasteiger partial charge in [0.2, 0.25) is 5.89 Å². The number of benzene rings is 3. The van der Waals surface area contributed by atoms with Crippen molar-refractivity contribution < 1.29 is 23.5 Å². The predicted octanol–water partition coefficient (Wildman–Crippen LogP) is 5.79. The SMILES string of the molecule is Cc1oc(-c2ccccc2)nc1CCOc1ccc(C[C@@H]2CN(c3nc4ccccc4o3)C[C@@H]2C(=O)O)cc1. The molecule has 1 aliphatic heterocycles. The molecule has 8 nitrogen and oxygen atoms in total. The Balaban J connectivity index is 1.05. The smallest absolute Gasteiger partial charge is 0.308 e. The number of hydrogen-bond donors (Lipinski definition) is 1. The zero-order valence-corrected chi connectivity index (χ0v) is 21.6. The van der Waals surface area contributed by atoms with Crippen LogP contribution in [0.3, 0.4) is 0 Å². The van der Waals surface area contributed by atoms with E-state index in [0.29, 0.717) is 50.0 Å². The highest BCUT2D eigenvalue weighted by molar-refractivity contribution is 5.75. The number of aryl methyl sites for hydroxylation is 1. The molecule has 0 saturated carbocycles. The number of ether oxygens (including phenoxy) is 1. The zero-order valence-electron chi connectivity index (χ0n) is 21.6. The molecule has 3 aromatic carbocycles. The Morgan fingerprint density at radius 2 is 1.74 bits per heavy atom. The first-order valence-corrected chi connectivity index (χ1v) is 13.1. The molecule has 2 atom stereocenters. The summed E-state index contributed by atoms with van der Waals surface area (Å²) in [5.74, 6) is 0.827. The quantitative estimate of drug-likeness (QED) is 0.259. The molecule has 2 aromatic heterocycles. The number of oxazole rings is 2. The van der Waals surface area contributed by atoms with Gasteiger partial charge in [-0.25, -0.2) is 4.98 Å². The molecular formula is C31H29N3O5. The molecule has 8 heteroatoms. The lowest BCUT2D eigenvalue weighted by molar-refractivity contribution is -0.142. The van der Waals surface area contributed by atoms with Crippen LogP contribution in [-0.2, 0) is 17.6 Å². The van der Waals surface area contributed by atoms with Gasteiger partial charge in [-0.15, -0.1) is 0 Å². The van der Waals surface area contributed by atoms with Crippen molar-refractivity contribution in [2.24, 2.45) is 11.8 Å². The van der Waals surface area contributed by atoms with Gasteiger partial charge in [-0.05, 0) is 61.2 Å². The van der Waals surface area contributed by atoms with Gasteiger partial charge in [0.05, 0.1) is 18.2 Å². The summed E-state index contributed by atoms with van der Waals surface area (Å²) in [6, 6.07) is 25.8. The molecule has 1 saturated heterocycles. The van der Waals surface area contributed by atoms with Crippen LogP contribution >= 0.6 is 0 Å². The van der Waals surface area contributed by atoms with Gasteiger partial charge in [0.25, 0.3) is 6.01 Å². The number of carboxylic acids is 1. The molecule has 1 aliphatic rings. The number of nitrogens with zero attached hydrogens (tertiary/aromatic N) is 3. The summed E-state index contributed by atoms with van der Waals surface area (Å²) in [7, 11) is 0. The Bertz CT molecular complexity index is 1540. The molecule has 0 aliphatic carbocycles. The van der Waals surface area contributed by atoms with Gasteiger partial charge in [0.1, 0.15) is 17.0 Å². The van der Waals surface area contributed by atoms with Crippen LogP contribution in [0.5, 0.6) is 5.75 Å². The highest BCUT2D eigenvalue weighted by Crippen LogP contribution is 2.32. The molecule has 1 N–H and O–H groups in total. The number of aliphatic carboxylic acids is 1. The van der Waals surface area contributed by atoms with Crippen molar-refractivity contribution in [3.63, 3.8) is 0 Å². The maximum atomic E-state index is 12.0. The van der Waals surface area contributed by atoms with Crippen molar-refractivity contribution in [1.29, 1.82) is 0 Å². The standard InChI is InChI=1S/C31H29N3O5/c1-20-26(32-29(38-20)22-7-3-2-4-8-22)15-16-37-24-13-11-21(12-14-24)17-23-18-34(19-25(23)30(35)36)31-33-27-9-5-6-10-28(27)39-31/h2-14,23,25H,15-19H2,1H3,(H,35,36)/t23-,25+/m1/s1. The van der Waals surface area contributed by atoms with Gasteiger partial charge >= 0.3 is 5.97 Å². The van der Waals surface area contributed by atoms with Gasteiger partial charge in [-0.1, -0.05) is 42.5 Å². The highest BCUT2D eigenvalue weighted by Gasteiger charge is 2.39. The summed E-state index contributed by atoms with van der Waals surface area (Å²) in [6.45, 7) is 3.35. The molecule has 39 heavy (non-hydrogen) atoms. The van der Waals surface area contributed by atoms with Gasteiger partial charge < -0.3 is 23.6 Å². The minimum atomic E-state index is -0.794. The number of para-hydroxylation sites is 2. The largest absolute Gasteiger partial charge is 0.493 e. The third-order valence-corrected chi connectivity index (χ3v) is 7.25. The van der Waals surface area contributed by atoms with E-state index >= 15 is 0 Å². The Morgan fingerprint density at radius 3 is 2.51 bits per heavy atom. The number of carbonyl (C=O) groups is 1. The van der Waals surface area contributed by atoms with Gasteiger partial charge in [-0.3, -0.25) is 4.79 Å². The van der Waals surface area contributed by atoms with Crippen molar-refractivity contribution in [2.45, 2.75) is 19.8 Å². The van der Waals surface area contributed by atoms with E-state index in [1.807, 2.05) is 90.7 Å². The van der Waals surface area contributed by atoms with Crippen molar-refractivity contribution in [1.82, 2.24) is 9.97 Å². The Kier molecular flexibility index (Phi) is 6.75. The van der Waals surface area contributed by atoms with E-state index in [9.17, 15) is 9.90 Å². The monoisotopic (exact) mass is 523 g/mol. The third-order valence-electron chi connectivity index (χ3n) is 7.25. The first-order chi connectivity index (χ1) is 19.0. The Morgan fingerprint density at radius 1 is 0.974 bits per heavy atom. The third kappa shape index (κ3) is 5.36. The van der Waals surface area contributed by atoms with Crippen LogP contribution in [0.4, 0.5) is 6.01 Å². The average Bonchev–Trinajstić information content (AvgIpc) is 3.67. The number of carboxylic acid groups (broad SMARTS) is 1. The molecule has 0 bridgehead atoms. The van der Waals surface area contributed by atoms with Crippen molar-refractivity contribution >= 4 is 23.1 Å². The fourth-order valence-corrected chi connectivity index (χ4v) is 5.16. The molecule has 198 valence electrons. The summed E-state index contributed by atoms with van der Waals surface area (Å²) in [5, 5.41) is 9.88. The molecule has 0 radical (unpaired) electrons. The van der Waals surface area contributed by atoms with Gasteiger partial charge in [0.15, 0.2) is 5.58 Å². The van der Waals surface area contributed by atoms with Crippen LogP contribution in [-0.4, -0.2) is 40.7 Å². The molecule has 3 heterocycles. The summed E-state index contributed by atoms with van der Waals surface area (Å²) >= 11 is 0. The lowest BCUT2D eigenvalue weighted by Crippen LogP contribution is -2.24. The van der Waals surface area contributed by atoms with Gasteiger partial charge in [-0.2, -0.15) is 4.98 Å². The molecular weight excluding hydrogens is 494 g/mol. The minimum Gasteiger partial charge on any atom is -0.493 e. The molecule has 0 amide bonds. The fourth-order valence-electron chi connectivity index (χ4n) is 5.16. The van der Waals surface area contributed by atoms with E-state index < -0.39 is 11.9 Å². The number of aromatic nitrogens is 2. The van der Waals surface area contributed by atoms with E-state index in [2.05, 4.69) is 9.97 Å². The molecule has 0 unspecified atom stereocenters. The second-order valence-corrected chi connectivity index (χ2v) is 9.91. The van der Waals surface area contributed by atoms with Crippen molar-refractivity contribution in [2.75, 3.05) is 24.6 Å². The lowest BCUT2D eigenvalue weighted by atomic mass is 9.90. The molecule has 6 rings (SSSR count). The number of rotatable bonds is 9. The Labute approximate surface area is 225 Å². The summed E-state index contributed by atoms with van der Waals surface area (Å²) in [5.41, 5.74) is 4.38. The molecule has 0 spiro atoms. The fraction of sp³-hybridized carbons (Fsp3) is 0.258. The zero-order chi connectivity index (χ0) is 26.8. The second-order valence-electron chi connectivity index (χ2n) is 9.91. The maximum Gasteiger partial charge on any atom is 0.308 e. The van der Waals surface area contributed by atoms with E-state index in [1.54, 1.807) is 0 Å². The first kappa shape index (κ1) is 24.7. The van der Waals surface area contributed by atoms with Crippen LogP contribution < -0.4 is 9.64 Å². The number of fused-ring (bicyclic) bond motifs is 1. The van der Waals surface area contributed by atoms with Crippen molar-refractivity contribution in [3.05, 3.63) is 95.9 Å². The number of hydrogen-bond acceptors (Lipinski definition) is 7. The predicted molar refractivity (Wildman–Crippen MR) is 147 cm³/mol. The van der Waals surface area contributed by atoms with E-state index in [4.69, 9.17) is 13.6 Å². The summed E-state index contributed by atoms with van der Waals surface area (Å²) in [6.07, 6.45) is 1.28.